The number of carbonyl (C=O) groups excluding carboxylic acids is 1. The molecule has 0 fully saturated rings. The van der Waals surface area contributed by atoms with E-state index in [1.165, 1.54) is 0 Å². The van der Waals surface area contributed by atoms with E-state index in [4.69, 9.17) is 4.74 Å². The van der Waals surface area contributed by atoms with E-state index >= 15 is 0 Å². The highest BCUT2D eigenvalue weighted by Gasteiger charge is 2.11. The number of benzene rings is 1. The number of pyridine rings is 1. The van der Waals surface area contributed by atoms with Crippen molar-refractivity contribution >= 4 is 22.6 Å². The van der Waals surface area contributed by atoms with Gasteiger partial charge in [-0.2, -0.15) is 0 Å². The number of ether oxygens (including phenoxy) is 1. The topological polar surface area (TPSA) is 77.6 Å². The van der Waals surface area contributed by atoms with Crippen LogP contribution in [0.3, 0.4) is 0 Å². The summed E-state index contributed by atoms with van der Waals surface area (Å²) in [5, 5.41) is 2.91. The molecular formula is C22H22N4O3. The van der Waals surface area contributed by atoms with Crippen molar-refractivity contribution in [3.05, 3.63) is 76.8 Å². The van der Waals surface area contributed by atoms with E-state index in [9.17, 15) is 9.59 Å². The van der Waals surface area contributed by atoms with Gasteiger partial charge in [0.05, 0.1) is 12.6 Å². The van der Waals surface area contributed by atoms with Gasteiger partial charge in [0, 0.05) is 31.9 Å². The molecule has 3 heterocycles. The molecule has 0 spiro atoms. The van der Waals surface area contributed by atoms with E-state index in [0.29, 0.717) is 37.1 Å². The third-order valence-electron chi connectivity index (χ3n) is 4.90. The second-order valence-electron chi connectivity index (χ2n) is 6.80. The van der Waals surface area contributed by atoms with Gasteiger partial charge in [-0.05, 0) is 48.4 Å². The quantitative estimate of drug-likeness (QED) is 0.526. The summed E-state index contributed by atoms with van der Waals surface area (Å²) in [6.07, 6.45) is 4.41. The summed E-state index contributed by atoms with van der Waals surface area (Å²) < 4.78 is 8.70. The van der Waals surface area contributed by atoms with Crippen molar-refractivity contribution < 1.29 is 9.53 Å². The molecule has 3 aromatic heterocycles. The van der Waals surface area contributed by atoms with Crippen LogP contribution < -0.4 is 15.6 Å². The molecule has 0 radical (unpaired) electrons. The Morgan fingerprint density at radius 1 is 1.14 bits per heavy atom. The minimum Gasteiger partial charge on any atom is -0.497 e. The molecule has 7 heteroatoms. The van der Waals surface area contributed by atoms with Crippen LogP contribution in [0.15, 0.2) is 65.7 Å². The number of carbonyl (C=O) groups is 1. The second-order valence-corrected chi connectivity index (χ2v) is 6.80. The molecule has 148 valence electrons. The average Bonchev–Trinajstić information content (AvgIpc) is 3.25. The number of amides is 1. The van der Waals surface area contributed by atoms with Crippen molar-refractivity contribution in [2.24, 2.45) is 0 Å². The maximum absolute atomic E-state index is 12.8. The third-order valence-corrected chi connectivity index (χ3v) is 4.90. The van der Waals surface area contributed by atoms with Crippen LogP contribution in [0.25, 0.3) is 16.7 Å². The lowest BCUT2D eigenvalue weighted by Crippen LogP contribution is -2.26. The summed E-state index contributed by atoms with van der Waals surface area (Å²) in [7, 11) is 1.61. The Kier molecular flexibility index (Phi) is 5.29. The normalized spacial score (nSPS) is 11.1. The zero-order valence-electron chi connectivity index (χ0n) is 16.2. The molecule has 0 saturated heterocycles. The highest BCUT2D eigenvalue weighted by Crippen LogP contribution is 2.14. The molecule has 0 aliphatic rings. The lowest BCUT2D eigenvalue weighted by atomic mass is 10.2. The molecule has 0 saturated carbocycles. The molecule has 7 nitrogen and oxygen atoms in total. The summed E-state index contributed by atoms with van der Waals surface area (Å²) in [5.41, 5.74) is 2.97. The van der Waals surface area contributed by atoms with Gasteiger partial charge in [0.1, 0.15) is 11.3 Å². The van der Waals surface area contributed by atoms with Crippen molar-refractivity contribution in [1.82, 2.24) is 19.3 Å². The van der Waals surface area contributed by atoms with Gasteiger partial charge in [0.2, 0.25) is 5.91 Å². The third kappa shape index (κ3) is 3.85. The van der Waals surface area contributed by atoms with Crippen LogP contribution in [-0.4, -0.2) is 27.0 Å². The van der Waals surface area contributed by atoms with E-state index < -0.39 is 0 Å². The van der Waals surface area contributed by atoms with Gasteiger partial charge in [-0.25, -0.2) is 4.98 Å². The number of aryl methyl sites for hydroxylation is 1. The molecule has 4 rings (SSSR count). The molecule has 29 heavy (non-hydrogen) atoms. The minimum absolute atomic E-state index is 0.0538. The monoisotopic (exact) mass is 390 g/mol. The number of fused-ring (bicyclic) bond motifs is 3. The Balaban J connectivity index is 1.42. The first-order valence-electron chi connectivity index (χ1n) is 9.51. The number of hydrogen-bond acceptors (Lipinski definition) is 4. The van der Waals surface area contributed by atoms with Gasteiger partial charge in [0.25, 0.3) is 5.56 Å². The van der Waals surface area contributed by atoms with Gasteiger partial charge in [-0.1, -0.05) is 12.1 Å². The predicted octanol–water partition coefficient (Wildman–Crippen LogP) is 2.75. The lowest BCUT2D eigenvalue weighted by Gasteiger charge is -2.11. The SMILES string of the molecule is COc1cccc(CNC(=O)CCCn2c(=O)c3cccn3c3cccnc32)c1. The zero-order chi connectivity index (χ0) is 20.2. The van der Waals surface area contributed by atoms with E-state index in [1.54, 1.807) is 23.9 Å². The van der Waals surface area contributed by atoms with Crippen LogP contribution in [0, 0.1) is 0 Å². The van der Waals surface area contributed by atoms with Crippen LogP contribution >= 0.6 is 0 Å². The Morgan fingerprint density at radius 2 is 2.00 bits per heavy atom. The highest BCUT2D eigenvalue weighted by molar-refractivity contribution is 5.76. The summed E-state index contributed by atoms with van der Waals surface area (Å²) in [5.74, 6) is 0.707. The van der Waals surface area contributed by atoms with E-state index in [0.717, 1.165) is 16.8 Å². The van der Waals surface area contributed by atoms with Crippen molar-refractivity contribution in [2.45, 2.75) is 25.9 Å². The standard InChI is InChI=1S/C22H22N4O3/c1-29-17-7-2-6-16(14-17)15-24-20(27)10-5-13-26-21-18(8-3-11-23-21)25-12-4-9-19(25)22(26)28/h2-4,6-9,11-12,14H,5,10,13,15H2,1H3,(H,24,27). The van der Waals surface area contributed by atoms with E-state index in [2.05, 4.69) is 10.3 Å². The van der Waals surface area contributed by atoms with Crippen LogP contribution in [-0.2, 0) is 17.9 Å². The number of nitrogens with one attached hydrogen (secondary N) is 1. The first-order valence-corrected chi connectivity index (χ1v) is 9.51. The minimum atomic E-state index is -0.0991. The average molecular weight is 390 g/mol. The Labute approximate surface area is 167 Å². The first-order chi connectivity index (χ1) is 14.2. The fourth-order valence-electron chi connectivity index (χ4n) is 3.46. The fraction of sp³-hybridized carbons (Fsp3) is 0.227. The molecular weight excluding hydrogens is 368 g/mol. The van der Waals surface area contributed by atoms with Crippen molar-refractivity contribution in [2.75, 3.05) is 7.11 Å². The Hall–Kier alpha value is -3.61. The maximum atomic E-state index is 12.8. The number of rotatable bonds is 7. The summed E-state index contributed by atoms with van der Waals surface area (Å²) in [6, 6.07) is 15.0. The van der Waals surface area contributed by atoms with E-state index in [-0.39, 0.29) is 11.5 Å². The molecule has 0 unspecified atom stereocenters. The molecule has 1 aromatic carbocycles. The molecule has 1 amide bonds. The zero-order valence-corrected chi connectivity index (χ0v) is 16.2. The Morgan fingerprint density at radius 3 is 2.86 bits per heavy atom. The van der Waals surface area contributed by atoms with Crippen molar-refractivity contribution in [3.8, 4) is 5.75 Å². The second kappa shape index (κ2) is 8.18. The predicted molar refractivity (Wildman–Crippen MR) is 111 cm³/mol. The van der Waals surface area contributed by atoms with Gasteiger partial charge >= 0.3 is 0 Å². The van der Waals surface area contributed by atoms with Gasteiger partial charge in [0.15, 0.2) is 5.65 Å². The fourth-order valence-corrected chi connectivity index (χ4v) is 3.46. The maximum Gasteiger partial charge on any atom is 0.276 e. The van der Waals surface area contributed by atoms with Gasteiger partial charge < -0.3 is 14.5 Å². The lowest BCUT2D eigenvalue weighted by molar-refractivity contribution is -0.121. The van der Waals surface area contributed by atoms with Crippen LogP contribution in [0.1, 0.15) is 18.4 Å². The van der Waals surface area contributed by atoms with Crippen LogP contribution in [0.2, 0.25) is 0 Å². The Bertz CT molecular complexity index is 1230. The molecule has 1 N–H and O–H groups in total. The van der Waals surface area contributed by atoms with Crippen molar-refractivity contribution in [3.63, 3.8) is 0 Å². The van der Waals surface area contributed by atoms with Crippen LogP contribution in [0.4, 0.5) is 0 Å². The van der Waals surface area contributed by atoms with E-state index in [1.807, 2.05) is 53.1 Å². The summed E-state index contributed by atoms with van der Waals surface area (Å²) >= 11 is 0. The van der Waals surface area contributed by atoms with Gasteiger partial charge in [-0.15, -0.1) is 0 Å². The number of nitrogens with zero attached hydrogens (tertiary/aromatic N) is 3. The number of aromatic nitrogens is 3. The first kappa shape index (κ1) is 18.7. The molecule has 4 aromatic rings. The number of methoxy groups -OCH3 is 1. The number of hydrogen-bond donors (Lipinski definition) is 1. The molecule has 0 aliphatic heterocycles. The highest BCUT2D eigenvalue weighted by atomic mass is 16.5. The van der Waals surface area contributed by atoms with Crippen molar-refractivity contribution in [1.29, 1.82) is 0 Å². The smallest absolute Gasteiger partial charge is 0.276 e. The largest absolute Gasteiger partial charge is 0.497 e. The summed E-state index contributed by atoms with van der Waals surface area (Å²) in [4.78, 5) is 29.5. The van der Waals surface area contributed by atoms with Gasteiger partial charge in [-0.3, -0.25) is 14.2 Å². The molecule has 0 atom stereocenters. The van der Waals surface area contributed by atoms with Crippen LogP contribution in [0.5, 0.6) is 5.75 Å². The summed E-state index contributed by atoms with van der Waals surface area (Å²) in [6.45, 7) is 0.872. The molecule has 0 bridgehead atoms. The molecule has 0 aliphatic carbocycles.